The molecule has 2 aromatic rings. The molecule has 24 heavy (non-hydrogen) atoms. The van der Waals surface area contributed by atoms with Gasteiger partial charge >= 0.3 is 6.61 Å². The normalized spacial score (nSPS) is 14.7. The average molecular weight is 352 g/mol. The Balaban J connectivity index is 2.13. The molecule has 1 aliphatic rings. The number of rotatable bonds is 4. The Morgan fingerprint density at radius 2 is 2.04 bits per heavy atom. The molecule has 7 heteroatoms. The number of halogens is 3. The minimum atomic E-state index is -3.02. The van der Waals surface area contributed by atoms with E-state index in [9.17, 15) is 13.6 Å². The van der Waals surface area contributed by atoms with Gasteiger partial charge in [-0.2, -0.15) is 8.78 Å². The van der Waals surface area contributed by atoms with Gasteiger partial charge in [-0.3, -0.25) is 4.79 Å². The number of para-hydroxylation sites is 1. The zero-order chi connectivity index (χ0) is 17.3. The Hall–Kier alpha value is -2.60. The maximum Gasteiger partial charge on any atom is 0.387 e. The van der Waals surface area contributed by atoms with Crippen molar-refractivity contribution in [3.8, 4) is 11.5 Å². The maximum atomic E-state index is 12.7. The molecular weight excluding hydrogens is 340 g/mol. The standard InChI is InChI=1S/C17H12ClF2NO3/c1-23-14-4-2-3-9(15(14)24-17(19)20)7-12-11-8-10(18)5-6-13(11)21-16(12)22/h2-8,17H,1H3,(H,21,22)/b12-7+. The van der Waals surface area contributed by atoms with E-state index >= 15 is 0 Å². The van der Waals surface area contributed by atoms with Gasteiger partial charge in [-0.25, -0.2) is 0 Å². The molecule has 0 aromatic heterocycles. The minimum absolute atomic E-state index is 0.134. The van der Waals surface area contributed by atoms with E-state index in [0.717, 1.165) is 0 Å². The number of hydrogen-bond donors (Lipinski definition) is 1. The van der Waals surface area contributed by atoms with Crippen LogP contribution in [0.15, 0.2) is 36.4 Å². The summed E-state index contributed by atoms with van der Waals surface area (Å²) in [6.45, 7) is -3.02. The van der Waals surface area contributed by atoms with Crippen molar-refractivity contribution in [1.82, 2.24) is 0 Å². The molecule has 0 unspecified atom stereocenters. The van der Waals surface area contributed by atoms with E-state index in [1.54, 1.807) is 30.3 Å². The first kappa shape index (κ1) is 16.3. The van der Waals surface area contributed by atoms with Crippen LogP contribution in [0, 0.1) is 0 Å². The highest BCUT2D eigenvalue weighted by Gasteiger charge is 2.25. The van der Waals surface area contributed by atoms with Crippen LogP contribution in [-0.4, -0.2) is 19.6 Å². The number of benzene rings is 2. The Morgan fingerprint density at radius 1 is 1.25 bits per heavy atom. The molecule has 1 N–H and O–H groups in total. The zero-order valence-electron chi connectivity index (χ0n) is 12.5. The largest absolute Gasteiger partial charge is 0.493 e. The lowest BCUT2D eigenvalue weighted by Crippen LogP contribution is -2.06. The summed E-state index contributed by atoms with van der Waals surface area (Å²) >= 11 is 5.98. The quantitative estimate of drug-likeness (QED) is 0.828. The van der Waals surface area contributed by atoms with Crippen LogP contribution in [0.1, 0.15) is 11.1 Å². The molecule has 0 atom stereocenters. The van der Waals surface area contributed by atoms with E-state index in [1.165, 1.54) is 19.3 Å². The van der Waals surface area contributed by atoms with E-state index in [-0.39, 0.29) is 17.4 Å². The number of methoxy groups -OCH3 is 1. The summed E-state index contributed by atoms with van der Waals surface area (Å²) in [4.78, 5) is 12.2. The predicted octanol–water partition coefficient (Wildman–Crippen LogP) is 4.44. The van der Waals surface area contributed by atoms with E-state index in [1.807, 2.05) is 0 Å². The van der Waals surface area contributed by atoms with Crippen LogP contribution in [0.3, 0.4) is 0 Å². The third-order valence-electron chi connectivity index (χ3n) is 3.50. The lowest BCUT2D eigenvalue weighted by molar-refractivity contribution is -0.110. The fourth-order valence-electron chi connectivity index (χ4n) is 2.48. The molecule has 1 amide bonds. The third kappa shape index (κ3) is 3.05. The molecule has 0 radical (unpaired) electrons. The predicted molar refractivity (Wildman–Crippen MR) is 87.6 cm³/mol. The summed E-state index contributed by atoms with van der Waals surface area (Å²) in [5.41, 5.74) is 1.81. The van der Waals surface area contributed by atoms with Gasteiger partial charge in [-0.05, 0) is 30.3 Å². The van der Waals surface area contributed by atoms with Crippen molar-refractivity contribution in [3.05, 3.63) is 52.5 Å². The molecular formula is C17H12ClF2NO3. The number of ether oxygens (including phenoxy) is 2. The highest BCUT2D eigenvalue weighted by molar-refractivity contribution is 6.36. The summed E-state index contributed by atoms with van der Waals surface area (Å²) in [6.07, 6.45) is 1.47. The van der Waals surface area contributed by atoms with Gasteiger partial charge in [0.2, 0.25) is 0 Å². The highest BCUT2D eigenvalue weighted by atomic mass is 35.5. The van der Waals surface area contributed by atoms with Crippen LogP contribution < -0.4 is 14.8 Å². The van der Waals surface area contributed by atoms with Gasteiger partial charge in [-0.15, -0.1) is 0 Å². The van der Waals surface area contributed by atoms with Gasteiger partial charge in [0.25, 0.3) is 5.91 Å². The van der Waals surface area contributed by atoms with E-state index in [0.29, 0.717) is 27.4 Å². The number of alkyl halides is 2. The van der Waals surface area contributed by atoms with E-state index in [2.05, 4.69) is 10.1 Å². The number of anilines is 1. The van der Waals surface area contributed by atoms with Gasteiger partial charge in [0.1, 0.15) is 0 Å². The molecule has 0 fully saturated rings. The monoisotopic (exact) mass is 351 g/mol. The second-order valence-electron chi connectivity index (χ2n) is 4.96. The van der Waals surface area contributed by atoms with Crippen molar-refractivity contribution < 1.29 is 23.0 Å². The second kappa shape index (κ2) is 6.49. The van der Waals surface area contributed by atoms with Gasteiger partial charge in [0.15, 0.2) is 11.5 Å². The van der Waals surface area contributed by atoms with Crippen molar-refractivity contribution in [2.24, 2.45) is 0 Å². The number of carbonyl (C=O) groups is 1. The van der Waals surface area contributed by atoms with Crippen LogP contribution >= 0.6 is 11.6 Å². The van der Waals surface area contributed by atoms with Gasteiger partial charge < -0.3 is 14.8 Å². The first-order valence-electron chi connectivity index (χ1n) is 6.94. The van der Waals surface area contributed by atoms with Crippen molar-refractivity contribution in [2.75, 3.05) is 12.4 Å². The number of nitrogens with one attached hydrogen (secondary N) is 1. The topological polar surface area (TPSA) is 47.6 Å². The fraction of sp³-hybridized carbons (Fsp3) is 0.118. The molecule has 0 bridgehead atoms. The number of carbonyl (C=O) groups excluding carboxylic acids is 1. The lowest BCUT2D eigenvalue weighted by atomic mass is 10.0. The third-order valence-corrected chi connectivity index (χ3v) is 3.74. The molecule has 1 aliphatic heterocycles. The minimum Gasteiger partial charge on any atom is -0.493 e. The molecule has 0 saturated carbocycles. The summed E-state index contributed by atoms with van der Waals surface area (Å²) in [5.74, 6) is -0.335. The van der Waals surface area contributed by atoms with Crippen LogP contribution in [0.25, 0.3) is 11.6 Å². The summed E-state index contributed by atoms with van der Waals surface area (Å²) in [5, 5.41) is 3.16. The maximum absolute atomic E-state index is 12.7. The van der Waals surface area contributed by atoms with Crippen molar-refractivity contribution in [3.63, 3.8) is 0 Å². The highest BCUT2D eigenvalue weighted by Crippen LogP contribution is 2.39. The van der Waals surface area contributed by atoms with Crippen molar-refractivity contribution >= 4 is 34.8 Å². The Kier molecular flexibility index (Phi) is 4.40. The molecule has 0 spiro atoms. The fourth-order valence-corrected chi connectivity index (χ4v) is 2.65. The number of hydrogen-bond acceptors (Lipinski definition) is 3. The molecule has 4 nitrogen and oxygen atoms in total. The van der Waals surface area contributed by atoms with Crippen LogP contribution in [0.5, 0.6) is 11.5 Å². The average Bonchev–Trinajstić information content (AvgIpc) is 2.84. The van der Waals surface area contributed by atoms with Crippen LogP contribution in [0.4, 0.5) is 14.5 Å². The Labute approximate surface area is 141 Å². The smallest absolute Gasteiger partial charge is 0.387 e. The van der Waals surface area contributed by atoms with E-state index in [4.69, 9.17) is 16.3 Å². The zero-order valence-corrected chi connectivity index (χ0v) is 13.2. The lowest BCUT2D eigenvalue weighted by Gasteiger charge is -2.12. The first-order chi connectivity index (χ1) is 11.5. The van der Waals surface area contributed by atoms with Gasteiger partial charge in [0.05, 0.1) is 7.11 Å². The number of fused-ring (bicyclic) bond motifs is 1. The molecule has 0 aliphatic carbocycles. The SMILES string of the molecule is COc1cccc(/C=C2/C(=O)Nc3ccc(Cl)cc32)c1OC(F)F. The molecule has 2 aromatic carbocycles. The van der Waals surface area contributed by atoms with E-state index < -0.39 is 6.61 Å². The van der Waals surface area contributed by atoms with Gasteiger partial charge in [0, 0.05) is 27.4 Å². The Bertz CT molecular complexity index is 837. The van der Waals surface area contributed by atoms with Crippen molar-refractivity contribution in [1.29, 1.82) is 0 Å². The molecule has 1 heterocycles. The molecule has 0 saturated heterocycles. The second-order valence-corrected chi connectivity index (χ2v) is 5.40. The summed E-state index contributed by atoms with van der Waals surface area (Å²) < 4.78 is 35.0. The summed E-state index contributed by atoms with van der Waals surface area (Å²) in [7, 11) is 1.35. The first-order valence-corrected chi connectivity index (χ1v) is 7.32. The molecule has 3 rings (SSSR count). The van der Waals surface area contributed by atoms with Crippen molar-refractivity contribution in [2.45, 2.75) is 6.61 Å². The van der Waals surface area contributed by atoms with Crippen LogP contribution in [-0.2, 0) is 4.79 Å². The van der Waals surface area contributed by atoms with Crippen LogP contribution in [0.2, 0.25) is 5.02 Å². The Morgan fingerprint density at radius 3 is 2.75 bits per heavy atom. The summed E-state index contributed by atoms with van der Waals surface area (Å²) in [6, 6.07) is 9.64. The van der Waals surface area contributed by atoms with Gasteiger partial charge in [-0.1, -0.05) is 23.7 Å². The molecule has 124 valence electrons. The number of amides is 1.